The average Bonchev–Trinajstić information content (AvgIpc) is 3.43. The van der Waals surface area contributed by atoms with Crippen LogP contribution >= 0.6 is 0 Å². The van der Waals surface area contributed by atoms with Gasteiger partial charge in [-0.3, -0.25) is 15.1 Å². The molecule has 6 aromatic rings. The second-order valence-corrected chi connectivity index (χ2v) is 7.50. The Morgan fingerprint density at radius 1 is 0.812 bits per heavy atom. The Labute approximate surface area is 181 Å². The minimum Gasteiger partial charge on any atom is -0.336 e. The highest BCUT2D eigenvalue weighted by Gasteiger charge is 2.17. The lowest BCUT2D eigenvalue weighted by Crippen LogP contribution is -1.90. The smallest absolute Gasteiger partial charge is 0.161 e. The van der Waals surface area contributed by atoms with E-state index >= 15 is 0 Å². The van der Waals surface area contributed by atoms with Gasteiger partial charge < -0.3 is 4.98 Å². The molecule has 8 heteroatoms. The van der Waals surface area contributed by atoms with Gasteiger partial charge in [0.1, 0.15) is 16.9 Å². The number of aromatic nitrogens is 7. The molecule has 0 unspecified atom stereocenters. The number of hydrogen-bond donors (Lipinski definition) is 2. The predicted molar refractivity (Wildman–Crippen MR) is 120 cm³/mol. The highest BCUT2D eigenvalue weighted by Crippen LogP contribution is 2.31. The summed E-state index contributed by atoms with van der Waals surface area (Å²) in [6.45, 7) is 2.03. The number of nitrogens with one attached hydrogen (secondary N) is 2. The van der Waals surface area contributed by atoms with Gasteiger partial charge in [0.15, 0.2) is 11.5 Å². The maximum absolute atomic E-state index is 13.4. The molecular weight excluding hydrogens is 405 g/mol. The number of fused-ring (bicyclic) bond motifs is 2. The molecule has 0 spiro atoms. The molecule has 0 aliphatic heterocycles. The van der Waals surface area contributed by atoms with Crippen LogP contribution in [0.1, 0.15) is 5.56 Å². The first-order valence-electron chi connectivity index (χ1n) is 10.0. The summed E-state index contributed by atoms with van der Waals surface area (Å²) in [5, 5.41) is 7.50. The van der Waals surface area contributed by atoms with Crippen LogP contribution in [0.4, 0.5) is 4.39 Å². The van der Waals surface area contributed by atoms with Crippen LogP contribution < -0.4 is 0 Å². The first kappa shape index (κ1) is 18.3. The quantitative estimate of drug-likeness (QED) is 0.416. The lowest BCUT2D eigenvalue weighted by molar-refractivity contribution is 0.628. The predicted octanol–water partition coefficient (Wildman–Crippen LogP) is 5.07. The molecule has 154 valence electrons. The van der Waals surface area contributed by atoms with E-state index in [9.17, 15) is 4.39 Å². The van der Waals surface area contributed by atoms with E-state index in [0.29, 0.717) is 28.2 Å². The molecule has 1 aromatic carbocycles. The van der Waals surface area contributed by atoms with Gasteiger partial charge in [-0.2, -0.15) is 5.10 Å². The number of H-pyrrole nitrogens is 2. The standard InChI is InChI=1S/C24H16FN7/c1-13-8-10-26-12-16(13)17-6-7-19-22(28-17)23(32-31-19)24-29-18-9-11-27-20(21(18)30-24)14-2-4-15(25)5-3-14/h2-12H,1H3,(H,29,30)(H,31,32). The molecule has 6 rings (SSSR count). The first-order chi connectivity index (χ1) is 15.7. The van der Waals surface area contributed by atoms with Gasteiger partial charge >= 0.3 is 0 Å². The topological polar surface area (TPSA) is 96.0 Å². The third kappa shape index (κ3) is 2.92. The van der Waals surface area contributed by atoms with Crippen LogP contribution in [-0.4, -0.2) is 35.1 Å². The fourth-order valence-electron chi connectivity index (χ4n) is 3.81. The van der Waals surface area contributed by atoms with Crippen molar-refractivity contribution >= 4 is 22.1 Å². The lowest BCUT2D eigenvalue weighted by Gasteiger charge is -2.04. The molecule has 0 saturated carbocycles. The van der Waals surface area contributed by atoms with Crippen LogP contribution in [0.5, 0.6) is 0 Å². The van der Waals surface area contributed by atoms with Crippen molar-refractivity contribution in [1.82, 2.24) is 35.1 Å². The summed E-state index contributed by atoms with van der Waals surface area (Å²) >= 11 is 0. The number of benzene rings is 1. The molecule has 2 N–H and O–H groups in total. The average molecular weight is 421 g/mol. The molecule has 5 aromatic heterocycles. The third-order valence-corrected chi connectivity index (χ3v) is 5.47. The summed E-state index contributed by atoms with van der Waals surface area (Å²) < 4.78 is 13.4. The Hall–Kier alpha value is -4.46. The number of aryl methyl sites for hydroxylation is 1. The van der Waals surface area contributed by atoms with E-state index in [2.05, 4.69) is 25.1 Å². The summed E-state index contributed by atoms with van der Waals surface area (Å²) in [4.78, 5) is 21.7. The number of halogens is 1. The van der Waals surface area contributed by atoms with Crippen molar-refractivity contribution in [3.05, 3.63) is 78.5 Å². The van der Waals surface area contributed by atoms with E-state index in [1.807, 2.05) is 37.4 Å². The molecule has 5 heterocycles. The highest BCUT2D eigenvalue weighted by molar-refractivity contribution is 5.95. The first-order valence-corrected chi connectivity index (χ1v) is 10.0. The summed E-state index contributed by atoms with van der Waals surface area (Å²) in [5.41, 5.74) is 7.96. The van der Waals surface area contributed by atoms with Gasteiger partial charge in [-0.25, -0.2) is 14.4 Å². The SMILES string of the molecule is Cc1ccncc1-c1ccc2[nH]nc(-c3nc4c(-c5ccc(F)cc5)nccc4[nH]3)c2n1. The Bertz CT molecular complexity index is 1600. The number of pyridine rings is 3. The Balaban J connectivity index is 1.51. The lowest BCUT2D eigenvalue weighted by atomic mass is 10.1. The molecule has 0 saturated heterocycles. The molecule has 0 atom stereocenters. The molecular formula is C24H16FN7. The molecule has 0 bridgehead atoms. The highest BCUT2D eigenvalue weighted by atomic mass is 19.1. The molecule has 0 radical (unpaired) electrons. The normalized spacial score (nSPS) is 11.4. The van der Waals surface area contributed by atoms with Gasteiger partial charge in [0.05, 0.1) is 22.4 Å². The maximum atomic E-state index is 13.4. The fourth-order valence-corrected chi connectivity index (χ4v) is 3.81. The van der Waals surface area contributed by atoms with Crippen molar-refractivity contribution in [3.63, 3.8) is 0 Å². The van der Waals surface area contributed by atoms with E-state index in [0.717, 1.165) is 33.4 Å². The van der Waals surface area contributed by atoms with Crippen LogP contribution in [0.25, 0.3) is 56.1 Å². The molecule has 0 aliphatic rings. The Morgan fingerprint density at radius 2 is 1.66 bits per heavy atom. The van der Waals surface area contributed by atoms with Crippen molar-refractivity contribution in [2.24, 2.45) is 0 Å². The monoisotopic (exact) mass is 421 g/mol. The van der Waals surface area contributed by atoms with Crippen molar-refractivity contribution in [3.8, 4) is 34.0 Å². The summed E-state index contributed by atoms with van der Waals surface area (Å²) in [6.07, 6.45) is 5.28. The van der Waals surface area contributed by atoms with Gasteiger partial charge in [0.25, 0.3) is 0 Å². The molecule has 0 amide bonds. The minimum absolute atomic E-state index is 0.294. The summed E-state index contributed by atoms with van der Waals surface area (Å²) in [7, 11) is 0. The zero-order chi connectivity index (χ0) is 21.7. The van der Waals surface area contributed by atoms with Crippen molar-refractivity contribution in [2.75, 3.05) is 0 Å². The van der Waals surface area contributed by atoms with Crippen molar-refractivity contribution in [2.45, 2.75) is 6.92 Å². The Kier molecular flexibility index (Phi) is 4.04. The molecule has 32 heavy (non-hydrogen) atoms. The molecule has 0 fully saturated rings. The minimum atomic E-state index is -0.294. The summed E-state index contributed by atoms with van der Waals surface area (Å²) in [5.74, 6) is 0.285. The van der Waals surface area contributed by atoms with E-state index in [1.165, 1.54) is 12.1 Å². The van der Waals surface area contributed by atoms with Gasteiger partial charge in [0.2, 0.25) is 0 Å². The number of nitrogens with zero attached hydrogens (tertiary/aromatic N) is 5. The third-order valence-electron chi connectivity index (χ3n) is 5.47. The second kappa shape index (κ2) is 7.05. The van der Waals surface area contributed by atoms with Crippen LogP contribution in [0.3, 0.4) is 0 Å². The van der Waals surface area contributed by atoms with Gasteiger partial charge in [-0.05, 0) is 61.0 Å². The number of hydrogen-bond acceptors (Lipinski definition) is 5. The Morgan fingerprint density at radius 3 is 2.50 bits per heavy atom. The van der Waals surface area contributed by atoms with E-state index in [4.69, 9.17) is 9.97 Å². The summed E-state index contributed by atoms with van der Waals surface area (Å²) in [6, 6.07) is 13.9. The molecule has 7 nitrogen and oxygen atoms in total. The van der Waals surface area contributed by atoms with Gasteiger partial charge in [-0.1, -0.05) is 0 Å². The number of imidazole rings is 1. The van der Waals surface area contributed by atoms with Crippen LogP contribution in [-0.2, 0) is 0 Å². The fraction of sp³-hybridized carbons (Fsp3) is 0.0417. The van der Waals surface area contributed by atoms with Crippen LogP contribution in [0.15, 0.2) is 67.1 Å². The second-order valence-electron chi connectivity index (χ2n) is 7.50. The van der Waals surface area contributed by atoms with Gasteiger partial charge in [-0.15, -0.1) is 0 Å². The zero-order valence-electron chi connectivity index (χ0n) is 17.0. The van der Waals surface area contributed by atoms with E-state index in [-0.39, 0.29) is 5.82 Å². The largest absolute Gasteiger partial charge is 0.336 e. The van der Waals surface area contributed by atoms with Crippen LogP contribution in [0, 0.1) is 12.7 Å². The number of aromatic amines is 2. The molecule has 0 aliphatic carbocycles. The van der Waals surface area contributed by atoms with Crippen molar-refractivity contribution < 1.29 is 4.39 Å². The van der Waals surface area contributed by atoms with Crippen LogP contribution in [0.2, 0.25) is 0 Å². The van der Waals surface area contributed by atoms with Crippen molar-refractivity contribution in [1.29, 1.82) is 0 Å². The number of rotatable bonds is 3. The van der Waals surface area contributed by atoms with E-state index in [1.54, 1.807) is 24.5 Å². The maximum Gasteiger partial charge on any atom is 0.161 e. The van der Waals surface area contributed by atoms with Gasteiger partial charge in [0, 0.05) is 29.7 Å². The zero-order valence-corrected chi connectivity index (χ0v) is 17.0. The van der Waals surface area contributed by atoms with E-state index < -0.39 is 0 Å².